The third kappa shape index (κ3) is 3.58. The molecule has 0 bridgehead atoms. The summed E-state index contributed by atoms with van der Waals surface area (Å²) < 4.78 is 0. The van der Waals surface area contributed by atoms with Crippen molar-refractivity contribution in [3.63, 3.8) is 0 Å². The first-order chi connectivity index (χ1) is 8.27. The molecule has 0 amide bonds. The van der Waals surface area contributed by atoms with Crippen LogP contribution in [0.2, 0.25) is 0 Å². The molecule has 0 atom stereocenters. The topological polar surface area (TPSA) is 37.3 Å². The Labute approximate surface area is 104 Å². The largest absolute Gasteiger partial charge is 0.512 e. The predicted octanol–water partition coefficient (Wildman–Crippen LogP) is 4.16. The maximum atomic E-state index is 12.0. The molecule has 1 N–H and O–H groups in total. The van der Waals surface area contributed by atoms with E-state index < -0.39 is 0 Å². The van der Waals surface area contributed by atoms with Crippen molar-refractivity contribution in [1.29, 1.82) is 0 Å². The number of aliphatic hydroxyl groups is 1. The van der Waals surface area contributed by atoms with Crippen molar-refractivity contribution in [3.05, 3.63) is 11.8 Å². The van der Waals surface area contributed by atoms with E-state index in [2.05, 4.69) is 0 Å². The standard InChI is InChI=1S/C15H24O2/c16-14(12-7-3-1-4-8-12)11-15(17)13-9-5-2-6-10-13/h11-13,16H,1-10H2/b14-11-. The van der Waals surface area contributed by atoms with Crippen molar-refractivity contribution in [2.45, 2.75) is 64.2 Å². The molecular weight excluding hydrogens is 212 g/mol. The molecule has 17 heavy (non-hydrogen) atoms. The lowest BCUT2D eigenvalue weighted by atomic mass is 9.84. The zero-order valence-electron chi connectivity index (χ0n) is 10.7. The summed E-state index contributed by atoms with van der Waals surface area (Å²) in [7, 11) is 0. The molecule has 2 aliphatic carbocycles. The Kier molecular flexibility index (Phi) is 4.64. The SMILES string of the molecule is O=C(/C=C(\O)C1CCCCC1)C1CCCCC1. The van der Waals surface area contributed by atoms with Crippen LogP contribution < -0.4 is 0 Å². The second kappa shape index (κ2) is 6.23. The van der Waals surface area contributed by atoms with Gasteiger partial charge in [0.25, 0.3) is 0 Å². The molecule has 0 saturated heterocycles. The van der Waals surface area contributed by atoms with E-state index in [4.69, 9.17) is 0 Å². The number of carbonyl (C=O) groups is 1. The quantitative estimate of drug-likeness (QED) is 0.590. The minimum absolute atomic E-state index is 0.174. The van der Waals surface area contributed by atoms with E-state index in [1.54, 1.807) is 6.08 Å². The second-order valence-electron chi connectivity index (χ2n) is 5.64. The van der Waals surface area contributed by atoms with Gasteiger partial charge in [-0.15, -0.1) is 0 Å². The van der Waals surface area contributed by atoms with Crippen LogP contribution in [0.15, 0.2) is 11.8 Å². The van der Waals surface area contributed by atoms with Gasteiger partial charge in [0.05, 0.1) is 5.76 Å². The number of carbonyl (C=O) groups excluding carboxylic acids is 1. The van der Waals surface area contributed by atoms with Gasteiger partial charge in [0, 0.05) is 17.9 Å². The maximum Gasteiger partial charge on any atom is 0.162 e. The Bertz CT molecular complexity index is 281. The van der Waals surface area contributed by atoms with Gasteiger partial charge in [-0.05, 0) is 25.7 Å². The van der Waals surface area contributed by atoms with E-state index in [0.29, 0.717) is 5.76 Å². The molecule has 0 aromatic rings. The van der Waals surface area contributed by atoms with Gasteiger partial charge in [0.1, 0.15) is 0 Å². The van der Waals surface area contributed by atoms with E-state index in [-0.39, 0.29) is 17.6 Å². The maximum absolute atomic E-state index is 12.0. The molecule has 0 aromatic carbocycles. The van der Waals surface area contributed by atoms with E-state index in [1.165, 1.54) is 38.5 Å². The summed E-state index contributed by atoms with van der Waals surface area (Å²) in [6.07, 6.45) is 13.0. The summed E-state index contributed by atoms with van der Waals surface area (Å²) >= 11 is 0. The molecule has 2 rings (SSSR count). The van der Waals surface area contributed by atoms with Gasteiger partial charge < -0.3 is 5.11 Å². The molecule has 2 saturated carbocycles. The highest BCUT2D eigenvalue weighted by atomic mass is 16.3. The first-order valence-electron chi connectivity index (χ1n) is 7.22. The van der Waals surface area contributed by atoms with Crippen LogP contribution in [0, 0.1) is 11.8 Å². The second-order valence-corrected chi connectivity index (χ2v) is 5.64. The van der Waals surface area contributed by atoms with Gasteiger partial charge in [-0.3, -0.25) is 4.79 Å². The normalized spacial score (nSPS) is 24.8. The van der Waals surface area contributed by atoms with Gasteiger partial charge in [-0.2, -0.15) is 0 Å². The predicted molar refractivity (Wildman–Crippen MR) is 68.9 cm³/mol. The third-order valence-corrected chi connectivity index (χ3v) is 4.32. The van der Waals surface area contributed by atoms with Crippen molar-refractivity contribution in [2.24, 2.45) is 11.8 Å². The average molecular weight is 236 g/mol. The molecule has 0 aromatic heterocycles. The van der Waals surface area contributed by atoms with Gasteiger partial charge in [0.2, 0.25) is 0 Å². The Hall–Kier alpha value is -0.790. The number of ketones is 1. The van der Waals surface area contributed by atoms with E-state index in [1.807, 2.05) is 0 Å². The zero-order valence-corrected chi connectivity index (χ0v) is 10.7. The summed E-state index contributed by atoms with van der Waals surface area (Å²) in [6, 6.07) is 0. The van der Waals surface area contributed by atoms with Crippen LogP contribution >= 0.6 is 0 Å². The van der Waals surface area contributed by atoms with Crippen LogP contribution in [0.4, 0.5) is 0 Å². The van der Waals surface area contributed by atoms with Gasteiger partial charge in [-0.1, -0.05) is 38.5 Å². The molecule has 0 unspecified atom stereocenters. The first kappa shape index (κ1) is 12.7. The summed E-state index contributed by atoms with van der Waals surface area (Å²) in [5.74, 6) is 0.985. The molecule has 0 spiro atoms. The van der Waals surface area contributed by atoms with Crippen LogP contribution in [0.5, 0.6) is 0 Å². The van der Waals surface area contributed by atoms with Gasteiger partial charge >= 0.3 is 0 Å². The highest BCUT2D eigenvalue weighted by molar-refractivity contribution is 5.92. The van der Waals surface area contributed by atoms with Gasteiger partial charge in [-0.25, -0.2) is 0 Å². The molecule has 0 radical (unpaired) electrons. The number of hydrogen-bond acceptors (Lipinski definition) is 2. The number of hydrogen-bond donors (Lipinski definition) is 1. The molecular formula is C15H24O2. The summed E-state index contributed by atoms with van der Waals surface area (Å²) in [5.41, 5.74) is 0. The first-order valence-corrected chi connectivity index (χ1v) is 7.22. The molecule has 2 fully saturated rings. The van der Waals surface area contributed by atoms with Gasteiger partial charge in [0.15, 0.2) is 5.78 Å². The Morgan fingerprint density at radius 2 is 1.29 bits per heavy atom. The monoisotopic (exact) mass is 236 g/mol. The lowest BCUT2D eigenvalue weighted by molar-refractivity contribution is -0.119. The van der Waals surface area contributed by atoms with Crippen LogP contribution in [0.1, 0.15) is 64.2 Å². The van der Waals surface area contributed by atoms with E-state index >= 15 is 0 Å². The fraction of sp³-hybridized carbons (Fsp3) is 0.800. The smallest absolute Gasteiger partial charge is 0.162 e. The number of allylic oxidation sites excluding steroid dienone is 2. The van der Waals surface area contributed by atoms with Crippen LogP contribution in [0.25, 0.3) is 0 Å². The van der Waals surface area contributed by atoms with Crippen LogP contribution in [-0.4, -0.2) is 10.9 Å². The van der Waals surface area contributed by atoms with Crippen LogP contribution in [-0.2, 0) is 4.79 Å². The molecule has 2 heteroatoms. The fourth-order valence-electron chi connectivity index (χ4n) is 3.17. The number of aliphatic hydroxyl groups excluding tert-OH is 1. The molecule has 2 aliphatic rings. The molecule has 0 heterocycles. The van der Waals surface area contributed by atoms with Crippen molar-refractivity contribution < 1.29 is 9.90 Å². The third-order valence-electron chi connectivity index (χ3n) is 4.32. The molecule has 2 nitrogen and oxygen atoms in total. The van der Waals surface area contributed by atoms with E-state index in [0.717, 1.165) is 25.7 Å². The average Bonchev–Trinajstić information content (AvgIpc) is 2.40. The Morgan fingerprint density at radius 3 is 1.82 bits per heavy atom. The van der Waals surface area contributed by atoms with Crippen molar-refractivity contribution in [2.75, 3.05) is 0 Å². The lowest BCUT2D eigenvalue weighted by Crippen LogP contribution is -2.17. The van der Waals surface area contributed by atoms with Crippen molar-refractivity contribution in [3.8, 4) is 0 Å². The highest BCUT2D eigenvalue weighted by Gasteiger charge is 2.22. The van der Waals surface area contributed by atoms with Crippen molar-refractivity contribution in [1.82, 2.24) is 0 Å². The highest BCUT2D eigenvalue weighted by Crippen LogP contribution is 2.30. The lowest BCUT2D eigenvalue weighted by Gasteiger charge is -2.22. The zero-order chi connectivity index (χ0) is 12.1. The minimum atomic E-state index is 0.174. The summed E-state index contributed by atoms with van der Waals surface area (Å²) in [4.78, 5) is 12.0. The Morgan fingerprint density at radius 1 is 0.824 bits per heavy atom. The fourth-order valence-corrected chi connectivity index (χ4v) is 3.17. The van der Waals surface area contributed by atoms with E-state index in [9.17, 15) is 9.90 Å². The van der Waals surface area contributed by atoms with Crippen LogP contribution in [0.3, 0.4) is 0 Å². The minimum Gasteiger partial charge on any atom is -0.512 e. The molecule has 96 valence electrons. The molecule has 0 aliphatic heterocycles. The summed E-state index contributed by atoms with van der Waals surface area (Å²) in [5, 5.41) is 10.0. The Balaban J connectivity index is 1.89. The van der Waals surface area contributed by atoms with Crippen molar-refractivity contribution >= 4 is 5.78 Å². The number of rotatable bonds is 3. The summed E-state index contributed by atoms with van der Waals surface area (Å²) in [6.45, 7) is 0.